The van der Waals surface area contributed by atoms with E-state index in [1.807, 2.05) is 25.0 Å². The third-order valence-electron chi connectivity index (χ3n) is 3.04. The van der Waals surface area contributed by atoms with Crippen molar-refractivity contribution in [3.8, 4) is 0 Å². The monoisotopic (exact) mass is 237 g/mol. The van der Waals surface area contributed by atoms with Gasteiger partial charge in [0.05, 0.1) is 12.4 Å². The molecule has 0 aliphatic heterocycles. The van der Waals surface area contributed by atoms with Crippen LogP contribution in [0.15, 0.2) is 17.4 Å². The van der Waals surface area contributed by atoms with Gasteiger partial charge in [-0.1, -0.05) is 19.8 Å². The minimum Gasteiger partial charge on any atom is -0.372 e. The fourth-order valence-electron chi connectivity index (χ4n) is 2.18. The molecule has 2 unspecified atom stereocenters. The van der Waals surface area contributed by atoms with E-state index < -0.39 is 0 Å². The Labute approximate surface area is 101 Å². The van der Waals surface area contributed by atoms with Crippen LogP contribution in [0.2, 0.25) is 0 Å². The van der Waals surface area contributed by atoms with E-state index >= 15 is 0 Å². The maximum Gasteiger partial charge on any atom is 0.145 e. The summed E-state index contributed by atoms with van der Waals surface area (Å²) in [5.74, 6) is 1.72. The standard InChI is InChI=1S/C12H19N3S/c1-9-4-3-5-10(6-9)16-12-8-14-7-11(13-2)15-12/h7-10H,3-6H2,1-2H3,(H,13,15). The maximum atomic E-state index is 4.50. The van der Waals surface area contributed by atoms with Gasteiger partial charge in [0.1, 0.15) is 10.8 Å². The van der Waals surface area contributed by atoms with Gasteiger partial charge in [-0.25, -0.2) is 4.98 Å². The number of hydrogen-bond acceptors (Lipinski definition) is 4. The number of nitrogens with zero attached hydrogens (tertiary/aromatic N) is 2. The Morgan fingerprint density at radius 1 is 1.38 bits per heavy atom. The van der Waals surface area contributed by atoms with Crippen LogP contribution in [0.5, 0.6) is 0 Å². The summed E-state index contributed by atoms with van der Waals surface area (Å²) < 4.78 is 0. The zero-order valence-electron chi connectivity index (χ0n) is 9.94. The van der Waals surface area contributed by atoms with Crippen LogP contribution >= 0.6 is 11.8 Å². The van der Waals surface area contributed by atoms with E-state index in [-0.39, 0.29) is 0 Å². The summed E-state index contributed by atoms with van der Waals surface area (Å²) >= 11 is 1.88. The summed E-state index contributed by atoms with van der Waals surface area (Å²) in [6, 6.07) is 0. The topological polar surface area (TPSA) is 37.8 Å². The number of thioether (sulfide) groups is 1. The third-order valence-corrected chi connectivity index (χ3v) is 4.24. The maximum absolute atomic E-state index is 4.50. The van der Waals surface area contributed by atoms with Gasteiger partial charge in [-0.3, -0.25) is 4.98 Å². The molecule has 3 nitrogen and oxygen atoms in total. The molecule has 1 fully saturated rings. The van der Waals surface area contributed by atoms with Gasteiger partial charge >= 0.3 is 0 Å². The van der Waals surface area contributed by atoms with E-state index in [0.717, 1.165) is 22.0 Å². The quantitative estimate of drug-likeness (QED) is 0.876. The molecule has 1 aliphatic carbocycles. The zero-order chi connectivity index (χ0) is 11.4. The van der Waals surface area contributed by atoms with Crippen molar-refractivity contribution in [2.24, 2.45) is 5.92 Å². The molecule has 88 valence electrons. The molecule has 1 saturated carbocycles. The van der Waals surface area contributed by atoms with Crippen molar-refractivity contribution in [3.63, 3.8) is 0 Å². The van der Waals surface area contributed by atoms with E-state index in [1.165, 1.54) is 25.7 Å². The van der Waals surface area contributed by atoms with E-state index in [9.17, 15) is 0 Å². The molecule has 1 heterocycles. The minimum atomic E-state index is 0.727. The molecule has 0 bridgehead atoms. The van der Waals surface area contributed by atoms with Crippen molar-refractivity contribution >= 4 is 17.6 Å². The number of aromatic nitrogens is 2. The predicted octanol–water partition coefficient (Wildman–Crippen LogP) is 3.19. The molecule has 0 amide bonds. The molecule has 1 aliphatic rings. The van der Waals surface area contributed by atoms with Gasteiger partial charge in [0, 0.05) is 12.3 Å². The lowest BCUT2D eigenvalue weighted by molar-refractivity contribution is 0.394. The van der Waals surface area contributed by atoms with Crippen LogP contribution in [0, 0.1) is 5.92 Å². The van der Waals surface area contributed by atoms with Gasteiger partial charge in [0.2, 0.25) is 0 Å². The fraction of sp³-hybridized carbons (Fsp3) is 0.667. The van der Waals surface area contributed by atoms with Gasteiger partial charge in [-0.2, -0.15) is 0 Å². The average Bonchev–Trinajstić information content (AvgIpc) is 2.29. The molecule has 1 N–H and O–H groups in total. The van der Waals surface area contributed by atoms with Gasteiger partial charge in [0.25, 0.3) is 0 Å². The molecular formula is C12H19N3S. The first-order valence-corrected chi connectivity index (χ1v) is 6.82. The van der Waals surface area contributed by atoms with Crippen LogP contribution < -0.4 is 5.32 Å². The Bertz CT molecular complexity index is 343. The van der Waals surface area contributed by atoms with Crippen LogP contribution in [-0.2, 0) is 0 Å². The third kappa shape index (κ3) is 3.11. The highest BCUT2D eigenvalue weighted by Gasteiger charge is 2.20. The highest BCUT2D eigenvalue weighted by Crippen LogP contribution is 2.35. The fourth-order valence-corrected chi connectivity index (χ4v) is 3.51. The lowest BCUT2D eigenvalue weighted by Gasteiger charge is -2.25. The predicted molar refractivity (Wildman–Crippen MR) is 68.9 cm³/mol. The number of hydrogen-bond donors (Lipinski definition) is 1. The lowest BCUT2D eigenvalue weighted by Crippen LogP contribution is -2.15. The van der Waals surface area contributed by atoms with Crippen LogP contribution in [0.3, 0.4) is 0 Å². The summed E-state index contributed by atoms with van der Waals surface area (Å²) in [4.78, 5) is 8.69. The molecule has 2 atom stereocenters. The van der Waals surface area contributed by atoms with Crippen molar-refractivity contribution < 1.29 is 0 Å². The Kier molecular flexibility index (Phi) is 4.04. The molecule has 0 spiro atoms. The van der Waals surface area contributed by atoms with Crippen LogP contribution in [0.1, 0.15) is 32.6 Å². The van der Waals surface area contributed by atoms with Crippen molar-refractivity contribution in [3.05, 3.63) is 12.4 Å². The molecule has 0 saturated heterocycles. The first-order valence-electron chi connectivity index (χ1n) is 5.94. The largest absolute Gasteiger partial charge is 0.372 e. The van der Waals surface area contributed by atoms with Crippen molar-refractivity contribution in [2.45, 2.75) is 42.9 Å². The van der Waals surface area contributed by atoms with Crippen molar-refractivity contribution in [1.29, 1.82) is 0 Å². The van der Waals surface area contributed by atoms with Crippen LogP contribution in [-0.4, -0.2) is 22.3 Å². The van der Waals surface area contributed by atoms with E-state index in [0.29, 0.717) is 0 Å². The van der Waals surface area contributed by atoms with Crippen LogP contribution in [0.4, 0.5) is 5.82 Å². The number of nitrogens with one attached hydrogen (secondary N) is 1. The number of anilines is 1. The summed E-state index contributed by atoms with van der Waals surface area (Å²) in [5.41, 5.74) is 0. The van der Waals surface area contributed by atoms with E-state index in [1.54, 1.807) is 6.20 Å². The minimum absolute atomic E-state index is 0.727. The highest BCUT2D eigenvalue weighted by molar-refractivity contribution is 7.99. The van der Waals surface area contributed by atoms with Gasteiger partial charge in [-0.05, 0) is 18.8 Å². The van der Waals surface area contributed by atoms with Crippen molar-refractivity contribution in [2.75, 3.05) is 12.4 Å². The molecule has 16 heavy (non-hydrogen) atoms. The van der Waals surface area contributed by atoms with Gasteiger partial charge in [-0.15, -0.1) is 11.8 Å². The summed E-state index contributed by atoms with van der Waals surface area (Å²) in [7, 11) is 1.88. The Balaban J connectivity index is 1.97. The lowest BCUT2D eigenvalue weighted by atomic mass is 9.91. The molecule has 0 aromatic carbocycles. The summed E-state index contributed by atoms with van der Waals surface area (Å²) in [6.07, 6.45) is 9.01. The first-order chi connectivity index (χ1) is 7.78. The molecule has 0 radical (unpaired) electrons. The van der Waals surface area contributed by atoms with Gasteiger partial charge in [0.15, 0.2) is 0 Å². The Hall–Kier alpha value is -0.770. The molecule has 4 heteroatoms. The number of rotatable bonds is 3. The summed E-state index contributed by atoms with van der Waals surface area (Å²) in [5, 5.41) is 4.80. The second-order valence-electron chi connectivity index (χ2n) is 4.50. The first kappa shape index (κ1) is 11.7. The SMILES string of the molecule is CNc1cncc(SC2CCCC(C)C2)n1. The normalized spacial score (nSPS) is 25.4. The van der Waals surface area contributed by atoms with Crippen LogP contribution in [0.25, 0.3) is 0 Å². The Morgan fingerprint density at radius 3 is 3.00 bits per heavy atom. The van der Waals surface area contributed by atoms with Crippen molar-refractivity contribution in [1.82, 2.24) is 9.97 Å². The highest BCUT2D eigenvalue weighted by atomic mass is 32.2. The van der Waals surface area contributed by atoms with E-state index in [2.05, 4.69) is 22.2 Å². The second-order valence-corrected chi connectivity index (χ2v) is 5.82. The molecule has 1 aromatic heterocycles. The summed E-state index contributed by atoms with van der Waals surface area (Å²) in [6.45, 7) is 2.35. The Morgan fingerprint density at radius 2 is 2.25 bits per heavy atom. The zero-order valence-corrected chi connectivity index (χ0v) is 10.8. The smallest absolute Gasteiger partial charge is 0.145 e. The second kappa shape index (κ2) is 5.53. The van der Waals surface area contributed by atoms with Gasteiger partial charge < -0.3 is 5.32 Å². The molecule has 2 rings (SSSR count). The van der Waals surface area contributed by atoms with E-state index in [4.69, 9.17) is 0 Å². The molecule has 1 aromatic rings. The average molecular weight is 237 g/mol. The molecular weight excluding hydrogens is 218 g/mol.